The van der Waals surface area contributed by atoms with Crippen LogP contribution in [-0.2, 0) is 0 Å². The molecule has 0 saturated heterocycles. The first kappa shape index (κ1) is 12.2. The number of allylic oxidation sites excluding steroid dienone is 1. The minimum atomic E-state index is 0.206. The summed E-state index contributed by atoms with van der Waals surface area (Å²) in [6, 6.07) is 8.48. The first-order valence-electron chi connectivity index (χ1n) is 6.49. The van der Waals surface area contributed by atoms with Gasteiger partial charge < -0.3 is 10.5 Å². The molecule has 2 rings (SSSR count). The Morgan fingerprint density at radius 1 is 1.35 bits per heavy atom. The summed E-state index contributed by atoms with van der Waals surface area (Å²) in [5.41, 5.74) is 8.56. The van der Waals surface area contributed by atoms with Crippen LogP contribution in [0.15, 0.2) is 30.3 Å². The van der Waals surface area contributed by atoms with Crippen LogP contribution in [0.2, 0.25) is 0 Å². The number of hydrogen-bond donors (Lipinski definition) is 1. The van der Waals surface area contributed by atoms with E-state index in [1.165, 1.54) is 17.6 Å². The van der Waals surface area contributed by atoms with Gasteiger partial charge in [0.1, 0.15) is 5.75 Å². The molecule has 1 atom stereocenters. The van der Waals surface area contributed by atoms with Gasteiger partial charge in [0.15, 0.2) is 0 Å². The van der Waals surface area contributed by atoms with Crippen LogP contribution in [0.25, 0.3) is 5.57 Å². The molecule has 1 aromatic carbocycles. The molecule has 0 saturated carbocycles. The van der Waals surface area contributed by atoms with Crippen LogP contribution in [0.5, 0.6) is 5.75 Å². The monoisotopic (exact) mass is 231 g/mol. The van der Waals surface area contributed by atoms with Gasteiger partial charge in [-0.3, -0.25) is 0 Å². The molecule has 92 valence electrons. The zero-order valence-corrected chi connectivity index (χ0v) is 10.5. The SMILES string of the molecule is CCCOc1ccccc1C1=CC(N)CCC1. The van der Waals surface area contributed by atoms with Crippen LogP contribution < -0.4 is 10.5 Å². The molecule has 2 heteroatoms. The predicted molar refractivity (Wildman–Crippen MR) is 72.0 cm³/mol. The van der Waals surface area contributed by atoms with Gasteiger partial charge in [-0.2, -0.15) is 0 Å². The summed E-state index contributed by atoms with van der Waals surface area (Å²) in [7, 11) is 0. The van der Waals surface area contributed by atoms with Gasteiger partial charge in [0.2, 0.25) is 0 Å². The Morgan fingerprint density at radius 3 is 2.94 bits per heavy atom. The van der Waals surface area contributed by atoms with E-state index in [9.17, 15) is 0 Å². The molecule has 1 unspecified atom stereocenters. The van der Waals surface area contributed by atoms with Crippen molar-refractivity contribution in [2.24, 2.45) is 5.73 Å². The third-order valence-electron chi connectivity index (χ3n) is 3.09. The lowest BCUT2D eigenvalue weighted by Crippen LogP contribution is -2.20. The Bertz CT molecular complexity index is 398. The van der Waals surface area contributed by atoms with Gasteiger partial charge >= 0.3 is 0 Å². The molecule has 0 fully saturated rings. The van der Waals surface area contributed by atoms with Crippen LogP contribution in [-0.4, -0.2) is 12.6 Å². The number of ether oxygens (including phenoxy) is 1. The van der Waals surface area contributed by atoms with Gasteiger partial charge in [-0.05, 0) is 37.3 Å². The van der Waals surface area contributed by atoms with Gasteiger partial charge in [-0.1, -0.05) is 31.2 Å². The van der Waals surface area contributed by atoms with Crippen LogP contribution in [0.1, 0.15) is 38.2 Å². The van der Waals surface area contributed by atoms with Crippen molar-refractivity contribution < 1.29 is 4.74 Å². The van der Waals surface area contributed by atoms with E-state index in [0.29, 0.717) is 0 Å². The number of para-hydroxylation sites is 1. The summed E-state index contributed by atoms with van der Waals surface area (Å²) in [5.74, 6) is 0.995. The van der Waals surface area contributed by atoms with Crippen molar-refractivity contribution in [3.8, 4) is 5.75 Å². The molecule has 17 heavy (non-hydrogen) atoms. The summed E-state index contributed by atoms with van der Waals surface area (Å²) in [6.45, 7) is 2.90. The third-order valence-corrected chi connectivity index (χ3v) is 3.09. The second-order valence-electron chi connectivity index (χ2n) is 4.59. The number of hydrogen-bond acceptors (Lipinski definition) is 2. The highest BCUT2D eigenvalue weighted by Crippen LogP contribution is 2.32. The largest absolute Gasteiger partial charge is 0.493 e. The van der Waals surface area contributed by atoms with E-state index in [1.54, 1.807) is 0 Å². The van der Waals surface area contributed by atoms with Crippen molar-refractivity contribution in [2.75, 3.05) is 6.61 Å². The van der Waals surface area contributed by atoms with E-state index < -0.39 is 0 Å². The Labute approximate surface area is 103 Å². The lowest BCUT2D eigenvalue weighted by atomic mass is 9.91. The Balaban J connectivity index is 2.24. The molecular formula is C15H21NO. The van der Waals surface area contributed by atoms with Crippen molar-refractivity contribution in [1.29, 1.82) is 0 Å². The first-order chi connectivity index (χ1) is 8.31. The maximum atomic E-state index is 6.00. The molecule has 1 aliphatic carbocycles. The topological polar surface area (TPSA) is 35.2 Å². The molecule has 1 aromatic rings. The summed E-state index contributed by atoms with van der Waals surface area (Å²) < 4.78 is 5.79. The second kappa shape index (κ2) is 5.87. The molecule has 0 heterocycles. The Hall–Kier alpha value is -1.28. The average molecular weight is 231 g/mol. The van der Waals surface area contributed by atoms with Crippen molar-refractivity contribution in [3.05, 3.63) is 35.9 Å². The van der Waals surface area contributed by atoms with E-state index in [4.69, 9.17) is 10.5 Å². The van der Waals surface area contributed by atoms with Crippen molar-refractivity contribution in [3.63, 3.8) is 0 Å². The average Bonchev–Trinajstić information content (AvgIpc) is 2.37. The standard InChI is InChI=1S/C15H21NO/c1-2-10-17-15-9-4-3-8-14(15)12-6-5-7-13(16)11-12/h3-4,8-9,11,13H,2,5-7,10,16H2,1H3. The van der Waals surface area contributed by atoms with Gasteiger partial charge in [0.05, 0.1) is 6.61 Å². The molecule has 0 amide bonds. The van der Waals surface area contributed by atoms with E-state index >= 15 is 0 Å². The van der Waals surface area contributed by atoms with Crippen LogP contribution in [0.4, 0.5) is 0 Å². The maximum absolute atomic E-state index is 6.00. The molecule has 0 aliphatic heterocycles. The smallest absolute Gasteiger partial charge is 0.126 e. The van der Waals surface area contributed by atoms with Gasteiger partial charge in [-0.25, -0.2) is 0 Å². The predicted octanol–water partition coefficient (Wildman–Crippen LogP) is 3.37. The van der Waals surface area contributed by atoms with Gasteiger partial charge in [-0.15, -0.1) is 0 Å². The zero-order chi connectivity index (χ0) is 12.1. The highest BCUT2D eigenvalue weighted by Gasteiger charge is 2.14. The Morgan fingerprint density at radius 2 is 2.18 bits per heavy atom. The normalized spacial score (nSPS) is 19.9. The summed E-state index contributed by atoms with van der Waals surface area (Å²) in [4.78, 5) is 0. The second-order valence-corrected chi connectivity index (χ2v) is 4.59. The minimum Gasteiger partial charge on any atom is -0.493 e. The molecular weight excluding hydrogens is 210 g/mol. The maximum Gasteiger partial charge on any atom is 0.126 e. The van der Waals surface area contributed by atoms with E-state index in [-0.39, 0.29) is 6.04 Å². The van der Waals surface area contributed by atoms with E-state index in [0.717, 1.165) is 31.6 Å². The number of rotatable bonds is 4. The molecule has 2 N–H and O–H groups in total. The molecule has 0 aromatic heterocycles. The fourth-order valence-corrected chi connectivity index (χ4v) is 2.25. The zero-order valence-electron chi connectivity index (χ0n) is 10.5. The van der Waals surface area contributed by atoms with Crippen molar-refractivity contribution in [2.45, 2.75) is 38.6 Å². The lowest BCUT2D eigenvalue weighted by Gasteiger charge is -2.20. The molecule has 0 spiro atoms. The summed E-state index contributed by atoms with van der Waals surface area (Å²) >= 11 is 0. The Kier molecular flexibility index (Phi) is 4.21. The quantitative estimate of drug-likeness (QED) is 0.862. The van der Waals surface area contributed by atoms with Crippen LogP contribution in [0, 0.1) is 0 Å². The summed E-state index contributed by atoms with van der Waals surface area (Å²) in [5, 5.41) is 0. The van der Waals surface area contributed by atoms with E-state index in [2.05, 4.69) is 25.1 Å². The first-order valence-corrected chi connectivity index (χ1v) is 6.49. The van der Waals surface area contributed by atoms with Crippen molar-refractivity contribution >= 4 is 5.57 Å². The van der Waals surface area contributed by atoms with Crippen molar-refractivity contribution in [1.82, 2.24) is 0 Å². The minimum absolute atomic E-state index is 0.206. The van der Waals surface area contributed by atoms with Gasteiger partial charge in [0.25, 0.3) is 0 Å². The molecule has 0 bridgehead atoms. The molecule has 2 nitrogen and oxygen atoms in total. The molecule has 0 radical (unpaired) electrons. The summed E-state index contributed by atoms with van der Waals surface area (Å²) in [6.07, 6.45) is 6.61. The number of nitrogens with two attached hydrogens (primary N) is 1. The fourth-order valence-electron chi connectivity index (χ4n) is 2.25. The number of benzene rings is 1. The van der Waals surface area contributed by atoms with Crippen LogP contribution in [0.3, 0.4) is 0 Å². The van der Waals surface area contributed by atoms with Gasteiger partial charge in [0, 0.05) is 11.6 Å². The van der Waals surface area contributed by atoms with Crippen LogP contribution >= 0.6 is 0 Å². The highest BCUT2D eigenvalue weighted by atomic mass is 16.5. The third kappa shape index (κ3) is 3.10. The lowest BCUT2D eigenvalue weighted by molar-refractivity contribution is 0.316. The molecule has 1 aliphatic rings. The van der Waals surface area contributed by atoms with E-state index in [1.807, 2.05) is 12.1 Å². The highest BCUT2D eigenvalue weighted by molar-refractivity contribution is 5.71. The fraction of sp³-hybridized carbons (Fsp3) is 0.467.